The van der Waals surface area contributed by atoms with Crippen LogP contribution in [0.3, 0.4) is 0 Å². The van der Waals surface area contributed by atoms with Gasteiger partial charge in [-0.2, -0.15) is 0 Å². The highest BCUT2D eigenvalue weighted by atomic mass is 19.1. The summed E-state index contributed by atoms with van der Waals surface area (Å²) in [6.45, 7) is 4.00. The van der Waals surface area contributed by atoms with Crippen molar-refractivity contribution in [3.63, 3.8) is 0 Å². The van der Waals surface area contributed by atoms with Crippen molar-refractivity contribution < 1.29 is 13.9 Å². The number of imidazole rings is 1. The Hall–Kier alpha value is -3.02. The van der Waals surface area contributed by atoms with Crippen molar-refractivity contribution >= 4 is 11.6 Å². The van der Waals surface area contributed by atoms with Gasteiger partial charge in [0.05, 0.1) is 18.1 Å². The summed E-state index contributed by atoms with van der Waals surface area (Å²) in [6.07, 6.45) is 7.02. The van der Waals surface area contributed by atoms with Crippen LogP contribution in [-0.4, -0.2) is 26.8 Å². The number of hydrogen-bond donors (Lipinski definition) is 0. The number of fused-ring (bicyclic) bond motifs is 1. The van der Waals surface area contributed by atoms with E-state index < -0.39 is 5.82 Å². The van der Waals surface area contributed by atoms with E-state index in [1.165, 1.54) is 10.6 Å². The quantitative estimate of drug-likeness (QED) is 0.482. The zero-order valence-corrected chi connectivity index (χ0v) is 14.2. The fraction of sp³-hybridized carbons (Fsp3) is 0.250. The number of ether oxygens (including phenoxy) is 1. The zero-order chi connectivity index (χ0) is 18.1. The molecule has 0 saturated heterocycles. The summed E-state index contributed by atoms with van der Waals surface area (Å²) in [4.78, 5) is 21.6. The molecular weight excluding hydrogens is 333 g/mol. The lowest BCUT2D eigenvalue weighted by atomic mass is 10.0. The first-order valence-electron chi connectivity index (χ1n) is 8.56. The molecule has 1 saturated carbocycles. The molecule has 5 nitrogen and oxygen atoms in total. The van der Waals surface area contributed by atoms with Gasteiger partial charge in [-0.25, -0.2) is 14.4 Å². The predicted molar refractivity (Wildman–Crippen MR) is 94.9 cm³/mol. The summed E-state index contributed by atoms with van der Waals surface area (Å²) in [6, 6.07) is 6.88. The van der Waals surface area contributed by atoms with Crippen LogP contribution in [-0.2, 0) is 6.42 Å². The molecule has 0 spiro atoms. The molecule has 2 heterocycles. The van der Waals surface area contributed by atoms with Crippen LogP contribution in [0.4, 0.5) is 4.39 Å². The molecule has 3 aromatic rings. The van der Waals surface area contributed by atoms with Crippen LogP contribution in [0.1, 0.15) is 34.6 Å². The fourth-order valence-corrected chi connectivity index (χ4v) is 2.93. The Morgan fingerprint density at radius 1 is 1.35 bits per heavy atom. The number of ketones is 1. The minimum absolute atomic E-state index is 0.198. The lowest BCUT2D eigenvalue weighted by Crippen LogP contribution is -2.09. The highest BCUT2D eigenvalue weighted by Gasteiger charge is 2.28. The van der Waals surface area contributed by atoms with Crippen LogP contribution in [0, 0.1) is 11.7 Å². The summed E-state index contributed by atoms with van der Waals surface area (Å²) in [5, 5.41) is 0. The number of aromatic nitrogens is 3. The topological polar surface area (TPSA) is 56.5 Å². The average molecular weight is 351 g/mol. The Labute approximate surface area is 150 Å². The summed E-state index contributed by atoms with van der Waals surface area (Å²) in [7, 11) is 0. The lowest BCUT2D eigenvalue weighted by molar-refractivity contribution is 0.103. The summed E-state index contributed by atoms with van der Waals surface area (Å²) in [5.41, 5.74) is 1.57. The van der Waals surface area contributed by atoms with Crippen LogP contribution in [0.25, 0.3) is 5.78 Å². The van der Waals surface area contributed by atoms with Crippen molar-refractivity contribution in [1.82, 2.24) is 14.4 Å². The third-order valence-corrected chi connectivity index (χ3v) is 4.40. The van der Waals surface area contributed by atoms with Gasteiger partial charge in [-0.1, -0.05) is 12.7 Å². The predicted octanol–water partition coefficient (Wildman–Crippen LogP) is 3.62. The van der Waals surface area contributed by atoms with Gasteiger partial charge in [-0.15, -0.1) is 0 Å². The maximum Gasteiger partial charge on any atom is 0.234 e. The second kappa shape index (κ2) is 6.71. The van der Waals surface area contributed by atoms with E-state index in [1.54, 1.807) is 30.3 Å². The highest BCUT2D eigenvalue weighted by molar-refractivity contribution is 6.09. The van der Waals surface area contributed by atoms with E-state index in [4.69, 9.17) is 4.74 Å². The maximum atomic E-state index is 13.7. The molecule has 1 aromatic carbocycles. The molecule has 6 heteroatoms. The molecular formula is C20H18FN3O2. The van der Waals surface area contributed by atoms with E-state index in [-0.39, 0.29) is 5.78 Å². The second-order valence-corrected chi connectivity index (χ2v) is 6.45. The van der Waals surface area contributed by atoms with E-state index in [0.717, 1.165) is 19.0 Å². The number of nitrogens with zero attached hydrogens (tertiary/aromatic N) is 3. The summed E-state index contributed by atoms with van der Waals surface area (Å²) >= 11 is 0. The van der Waals surface area contributed by atoms with Crippen LogP contribution in [0.2, 0.25) is 0 Å². The monoisotopic (exact) mass is 351 g/mol. The molecule has 0 amide bonds. The zero-order valence-electron chi connectivity index (χ0n) is 14.2. The van der Waals surface area contributed by atoms with Crippen LogP contribution in [0.15, 0.2) is 49.3 Å². The lowest BCUT2D eigenvalue weighted by Gasteiger charge is -2.06. The number of carbonyl (C=O) groups excluding carboxylic acids is 1. The Morgan fingerprint density at radius 3 is 2.81 bits per heavy atom. The van der Waals surface area contributed by atoms with Gasteiger partial charge in [0, 0.05) is 5.56 Å². The molecule has 1 aliphatic rings. The van der Waals surface area contributed by atoms with Crippen molar-refractivity contribution in [2.24, 2.45) is 5.92 Å². The standard InChI is InChI=1S/C20H18FN3O2/c1-2-9-26-16-7-5-14(6-8-16)19(25)18-17(10-13-3-4-13)23-20-22-11-15(21)12-24(18)20/h2,5-8,11-13H,1,3-4,9-10H2. The van der Waals surface area contributed by atoms with Gasteiger partial charge >= 0.3 is 0 Å². The number of halogens is 1. The summed E-state index contributed by atoms with van der Waals surface area (Å²) in [5.74, 6) is 0.846. The van der Waals surface area contributed by atoms with Crippen molar-refractivity contribution in [3.05, 3.63) is 72.1 Å². The van der Waals surface area contributed by atoms with Crippen molar-refractivity contribution in [2.45, 2.75) is 19.3 Å². The Bertz CT molecular complexity index is 975. The molecule has 2 aromatic heterocycles. The first-order valence-corrected chi connectivity index (χ1v) is 8.56. The largest absolute Gasteiger partial charge is 0.490 e. The van der Waals surface area contributed by atoms with E-state index >= 15 is 0 Å². The van der Waals surface area contributed by atoms with Gasteiger partial charge in [0.15, 0.2) is 5.82 Å². The molecule has 1 fully saturated rings. The van der Waals surface area contributed by atoms with Gasteiger partial charge in [0.25, 0.3) is 0 Å². The van der Waals surface area contributed by atoms with Crippen LogP contribution >= 0.6 is 0 Å². The molecule has 0 bridgehead atoms. The molecule has 1 aliphatic carbocycles. The molecule has 0 aliphatic heterocycles. The Balaban J connectivity index is 1.72. The van der Waals surface area contributed by atoms with E-state index in [2.05, 4.69) is 16.5 Å². The normalized spacial score (nSPS) is 13.7. The minimum Gasteiger partial charge on any atom is -0.490 e. The Morgan fingerprint density at radius 2 is 2.12 bits per heavy atom. The number of rotatable bonds is 7. The SMILES string of the molecule is C=CCOc1ccc(C(=O)c2c(CC3CC3)nc3ncc(F)cn23)cc1. The van der Waals surface area contributed by atoms with Crippen molar-refractivity contribution in [2.75, 3.05) is 6.61 Å². The Kier molecular flexibility index (Phi) is 4.24. The first kappa shape index (κ1) is 16.4. The van der Waals surface area contributed by atoms with Gasteiger partial charge in [-0.05, 0) is 49.4 Å². The molecule has 0 unspecified atom stereocenters. The number of hydrogen-bond acceptors (Lipinski definition) is 4. The van der Waals surface area contributed by atoms with Crippen LogP contribution in [0.5, 0.6) is 5.75 Å². The van der Waals surface area contributed by atoms with E-state index in [0.29, 0.717) is 47.4 Å². The van der Waals surface area contributed by atoms with Gasteiger partial charge in [0.1, 0.15) is 18.1 Å². The van der Waals surface area contributed by atoms with E-state index in [9.17, 15) is 9.18 Å². The molecule has 26 heavy (non-hydrogen) atoms. The van der Waals surface area contributed by atoms with Gasteiger partial charge < -0.3 is 4.74 Å². The van der Waals surface area contributed by atoms with E-state index in [1.807, 2.05) is 0 Å². The first-order chi connectivity index (χ1) is 12.7. The molecule has 0 radical (unpaired) electrons. The maximum absolute atomic E-state index is 13.7. The third kappa shape index (κ3) is 3.22. The molecule has 132 valence electrons. The minimum atomic E-state index is -0.505. The van der Waals surface area contributed by atoms with Crippen LogP contribution < -0.4 is 4.74 Å². The molecule has 0 atom stereocenters. The van der Waals surface area contributed by atoms with Gasteiger partial charge in [-0.3, -0.25) is 9.20 Å². The average Bonchev–Trinajstić information content (AvgIpc) is 3.39. The van der Waals surface area contributed by atoms with Crippen molar-refractivity contribution in [1.29, 1.82) is 0 Å². The number of benzene rings is 1. The molecule has 0 N–H and O–H groups in total. The smallest absolute Gasteiger partial charge is 0.234 e. The van der Waals surface area contributed by atoms with Gasteiger partial charge in [0.2, 0.25) is 11.6 Å². The molecule has 4 rings (SSSR count). The number of carbonyl (C=O) groups is 1. The highest BCUT2D eigenvalue weighted by Crippen LogP contribution is 2.33. The van der Waals surface area contributed by atoms with Crippen molar-refractivity contribution in [3.8, 4) is 5.75 Å². The third-order valence-electron chi connectivity index (χ3n) is 4.40. The second-order valence-electron chi connectivity index (χ2n) is 6.45. The summed E-state index contributed by atoms with van der Waals surface area (Å²) < 4.78 is 20.6. The fourth-order valence-electron chi connectivity index (χ4n) is 2.93.